The standard InChI is InChI=1S/C9H12N2O3/c1-11(6-3-2-4-6)9-10-7(5-14-9)8(12)13/h5-6H,2-4H2,1H3,(H,12,13). The molecule has 1 fully saturated rings. The molecule has 1 aromatic rings. The number of hydrogen-bond donors (Lipinski definition) is 1. The Kier molecular flexibility index (Phi) is 2.15. The molecule has 1 N–H and O–H groups in total. The minimum Gasteiger partial charge on any atom is -0.476 e. The van der Waals surface area contributed by atoms with Crippen LogP contribution in [0.1, 0.15) is 29.8 Å². The van der Waals surface area contributed by atoms with E-state index in [0.29, 0.717) is 12.1 Å². The van der Waals surface area contributed by atoms with Gasteiger partial charge < -0.3 is 14.4 Å². The number of carboxylic acid groups (broad SMARTS) is 1. The van der Waals surface area contributed by atoms with Gasteiger partial charge in [-0.15, -0.1) is 0 Å². The van der Waals surface area contributed by atoms with E-state index in [2.05, 4.69) is 4.98 Å². The van der Waals surface area contributed by atoms with Crippen molar-refractivity contribution in [3.63, 3.8) is 0 Å². The van der Waals surface area contributed by atoms with E-state index in [-0.39, 0.29) is 5.69 Å². The molecule has 5 nitrogen and oxygen atoms in total. The third-order valence-corrected chi connectivity index (χ3v) is 2.64. The molecule has 1 aliphatic carbocycles. The maximum atomic E-state index is 10.5. The van der Waals surface area contributed by atoms with Gasteiger partial charge in [0, 0.05) is 13.1 Å². The third-order valence-electron chi connectivity index (χ3n) is 2.64. The number of carboxylic acids is 1. The highest BCUT2D eigenvalue weighted by Gasteiger charge is 2.25. The summed E-state index contributed by atoms with van der Waals surface area (Å²) in [5.41, 5.74) is -0.0360. The van der Waals surface area contributed by atoms with Crippen LogP contribution < -0.4 is 4.90 Å². The molecular weight excluding hydrogens is 184 g/mol. The normalized spacial score (nSPS) is 16.4. The molecule has 0 unspecified atom stereocenters. The maximum absolute atomic E-state index is 10.5. The van der Waals surface area contributed by atoms with Gasteiger partial charge in [-0.1, -0.05) is 0 Å². The molecule has 0 amide bonds. The Bertz CT molecular complexity index is 344. The van der Waals surface area contributed by atoms with Crippen LogP contribution in [0.3, 0.4) is 0 Å². The first-order valence-electron chi connectivity index (χ1n) is 4.60. The van der Waals surface area contributed by atoms with E-state index in [0.717, 1.165) is 12.8 Å². The SMILES string of the molecule is CN(c1nc(C(=O)O)co1)C1CCC1. The number of anilines is 1. The summed E-state index contributed by atoms with van der Waals surface area (Å²) in [4.78, 5) is 16.3. The largest absolute Gasteiger partial charge is 0.476 e. The van der Waals surface area contributed by atoms with Gasteiger partial charge in [0.2, 0.25) is 0 Å². The lowest BCUT2D eigenvalue weighted by molar-refractivity contribution is 0.0690. The minimum absolute atomic E-state index is 0.0360. The Labute approximate surface area is 81.3 Å². The predicted octanol–water partition coefficient (Wildman–Crippen LogP) is 1.36. The molecule has 0 aliphatic heterocycles. The second kappa shape index (κ2) is 3.32. The first-order chi connectivity index (χ1) is 6.68. The number of aromatic nitrogens is 1. The van der Waals surface area contributed by atoms with Crippen LogP contribution in [0.15, 0.2) is 10.7 Å². The van der Waals surface area contributed by atoms with E-state index in [1.165, 1.54) is 12.7 Å². The fourth-order valence-corrected chi connectivity index (χ4v) is 1.45. The van der Waals surface area contributed by atoms with Crippen LogP contribution in [0, 0.1) is 0 Å². The van der Waals surface area contributed by atoms with E-state index in [1.807, 2.05) is 11.9 Å². The molecule has 0 radical (unpaired) electrons. The first kappa shape index (κ1) is 9.05. The van der Waals surface area contributed by atoms with Gasteiger partial charge in [-0.2, -0.15) is 4.98 Å². The van der Waals surface area contributed by atoms with Crippen molar-refractivity contribution in [1.29, 1.82) is 0 Å². The monoisotopic (exact) mass is 196 g/mol. The Morgan fingerprint density at radius 1 is 1.71 bits per heavy atom. The van der Waals surface area contributed by atoms with Crippen molar-refractivity contribution in [2.45, 2.75) is 25.3 Å². The summed E-state index contributed by atoms with van der Waals surface area (Å²) in [6.45, 7) is 0. The summed E-state index contributed by atoms with van der Waals surface area (Å²) < 4.78 is 5.08. The molecule has 1 heterocycles. The van der Waals surface area contributed by atoms with E-state index >= 15 is 0 Å². The average molecular weight is 196 g/mol. The highest BCUT2D eigenvalue weighted by Crippen LogP contribution is 2.27. The van der Waals surface area contributed by atoms with Crippen molar-refractivity contribution < 1.29 is 14.3 Å². The van der Waals surface area contributed by atoms with Crippen LogP contribution in [0.4, 0.5) is 6.01 Å². The fourth-order valence-electron chi connectivity index (χ4n) is 1.45. The number of rotatable bonds is 3. The molecule has 76 valence electrons. The maximum Gasteiger partial charge on any atom is 0.357 e. The van der Waals surface area contributed by atoms with Crippen molar-refractivity contribution in [2.75, 3.05) is 11.9 Å². The fraction of sp³-hybridized carbons (Fsp3) is 0.556. The summed E-state index contributed by atoms with van der Waals surface area (Å²) in [5, 5.41) is 8.65. The van der Waals surface area contributed by atoms with Gasteiger partial charge in [0.25, 0.3) is 6.01 Å². The Morgan fingerprint density at radius 3 is 2.86 bits per heavy atom. The molecule has 5 heteroatoms. The number of carbonyl (C=O) groups is 1. The molecule has 1 aromatic heterocycles. The molecule has 1 saturated carbocycles. The lowest BCUT2D eigenvalue weighted by Gasteiger charge is -2.33. The zero-order valence-corrected chi connectivity index (χ0v) is 7.93. The highest BCUT2D eigenvalue weighted by molar-refractivity contribution is 5.85. The van der Waals surface area contributed by atoms with Gasteiger partial charge in [-0.3, -0.25) is 0 Å². The Morgan fingerprint density at radius 2 is 2.43 bits per heavy atom. The molecule has 1 aliphatic rings. The van der Waals surface area contributed by atoms with E-state index in [4.69, 9.17) is 9.52 Å². The van der Waals surface area contributed by atoms with Crippen LogP contribution in [-0.2, 0) is 0 Å². The zero-order chi connectivity index (χ0) is 10.1. The Balaban J connectivity index is 2.11. The summed E-state index contributed by atoms with van der Waals surface area (Å²) in [6.07, 6.45) is 4.65. The van der Waals surface area contributed by atoms with Crippen LogP contribution in [-0.4, -0.2) is 29.1 Å². The lowest BCUT2D eigenvalue weighted by Crippen LogP contribution is -2.37. The molecule has 0 atom stereocenters. The topological polar surface area (TPSA) is 66.6 Å². The zero-order valence-electron chi connectivity index (χ0n) is 7.93. The van der Waals surface area contributed by atoms with Crippen LogP contribution in [0.2, 0.25) is 0 Å². The van der Waals surface area contributed by atoms with Crippen molar-refractivity contribution in [1.82, 2.24) is 4.98 Å². The molecule has 14 heavy (non-hydrogen) atoms. The van der Waals surface area contributed by atoms with Crippen molar-refractivity contribution in [3.8, 4) is 0 Å². The van der Waals surface area contributed by atoms with Gasteiger partial charge in [0.1, 0.15) is 6.26 Å². The summed E-state index contributed by atoms with van der Waals surface area (Å²) in [6, 6.07) is 0.849. The lowest BCUT2D eigenvalue weighted by atomic mass is 9.92. The van der Waals surface area contributed by atoms with E-state index in [1.54, 1.807) is 0 Å². The molecule has 0 spiro atoms. The summed E-state index contributed by atoms with van der Waals surface area (Å²) in [5.74, 6) is -1.05. The van der Waals surface area contributed by atoms with Crippen LogP contribution >= 0.6 is 0 Å². The third kappa shape index (κ3) is 1.45. The average Bonchev–Trinajstić information content (AvgIpc) is 2.48. The second-order valence-electron chi connectivity index (χ2n) is 3.52. The second-order valence-corrected chi connectivity index (χ2v) is 3.52. The predicted molar refractivity (Wildman–Crippen MR) is 49.5 cm³/mol. The van der Waals surface area contributed by atoms with Crippen LogP contribution in [0.25, 0.3) is 0 Å². The summed E-state index contributed by atoms with van der Waals surface area (Å²) in [7, 11) is 1.88. The van der Waals surface area contributed by atoms with Gasteiger partial charge >= 0.3 is 5.97 Å². The van der Waals surface area contributed by atoms with Gasteiger partial charge in [-0.05, 0) is 19.3 Å². The number of nitrogens with zero attached hydrogens (tertiary/aromatic N) is 2. The molecule has 0 bridgehead atoms. The highest BCUT2D eigenvalue weighted by atomic mass is 16.4. The van der Waals surface area contributed by atoms with E-state index in [9.17, 15) is 4.79 Å². The Hall–Kier alpha value is -1.52. The van der Waals surface area contributed by atoms with Gasteiger partial charge in [0.05, 0.1) is 0 Å². The van der Waals surface area contributed by atoms with Crippen LogP contribution in [0.5, 0.6) is 0 Å². The van der Waals surface area contributed by atoms with Crippen molar-refractivity contribution in [3.05, 3.63) is 12.0 Å². The molecule has 2 rings (SSSR count). The van der Waals surface area contributed by atoms with Gasteiger partial charge in [0.15, 0.2) is 5.69 Å². The number of oxazole rings is 1. The molecule has 0 saturated heterocycles. The van der Waals surface area contributed by atoms with Gasteiger partial charge in [-0.25, -0.2) is 4.79 Å². The van der Waals surface area contributed by atoms with Crippen molar-refractivity contribution >= 4 is 12.0 Å². The summed E-state index contributed by atoms with van der Waals surface area (Å²) >= 11 is 0. The molecule has 0 aromatic carbocycles. The quantitative estimate of drug-likeness (QED) is 0.790. The minimum atomic E-state index is -1.05. The smallest absolute Gasteiger partial charge is 0.357 e. The first-order valence-corrected chi connectivity index (χ1v) is 4.60. The number of aromatic carboxylic acids is 1. The number of hydrogen-bond acceptors (Lipinski definition) is 4. The van der Waals surface area contributed by atoms with Crippen molar-refractivity contribution in [2.24, 2.45) is 0 Å². The molecular formula is C9H12N2O3. The van der Waals surface area contributed by atoms with E-state index < -0.39 is 5.97 Å².